The first kappa shape index (κ1) is 23.1. The molecule has 3 aromatic carbocycles. The van der Waals surface area contributed by atoms with Crippen molar-refractivity contribution in [3.05, 3.63) is 101 Å². The van der Waals surface area contributed by atoms with Crippen LogP contribution in [0.1, 0.15) is 60.8 Å². The van der Waals surface area contributed by atoms with E-state index >= 15 is 0 Å². The number of aliphatic hydroxyl groups is 1. The molecule has 5 rings (SSSR count). The topological polar surface area (TPSA) is 41.5 Å². The van der Waals surface area contributed by atoms with Gasteiger partial charge >= 0.3 is 0 Å². The van der Waals surface area contributed by atoms with E-state index in [9.17, 15) is 5.11 Å². The average Bonchev–Trinajstić information content (AvgIpc) is 2.88. The molecule has 0 bridgehead atoms. The van der Waals surface area contributed by atoms with Gasteiger partial charge in [0.15, 0.2) is 0 Å². The van der Waals surface area contributed by atoms with Crippen molar-refractivity contribution in [1.29, 1.82) is 0 Å². The van der Waals surface area contributed by atoms with Crippen LogP contribution in [0.15, 0.2) is 78.9 Å². The summed E-state index contributed by atoms with van der Waals surface area (Å²) in [4.78, 5) is 0. The third-order valence-corrected chi connectivity index (χ3v) is 8.15. The molecule has 0 aliphatic heterocycles. The number of ether oxygens (including phenoxy) is 1. The van der Waals surface area contributed by atoms with Gasteiger partial charge in [-0.25, -0.2) is 0 Å². The maximum absolute atomic E-state index is 12.0. The highest BCUT2D eigenvalue weighted by Crippen LogP contribution is 2.55. The maximum Gasteiger partial charge on any atom is 0.120 e. The maximum atomic E-state index is 12.0. The molecule has 0 unspecified atom stereocenters. The fraction of sp³-hybridized carbons (Fsp3) is 0.419. The highest BCUT2D eigenvalue weighted by atomic mass is 16.5. The molecule has 34 heavy (non-hydrogen) atoms. The molecule has 0 saturated heterocycles. The van der Waals surface area contributed by atoms with Crippen LogP contribution < -0.4 is 10.1 Å². The Kier molecular flexibility index (Phi) is 7.03. The van der Waals surface area contributed by atoms with Crippen molar-refractivity contribution >= 4 is 0 Å². The van der Waals surface area contributed by atoms with Crippen LogP contribution in [0.25, 0.3) is 0 Å². The number of nitrogens with one attached hydrogen (secondary N) is 1. The van der Waals surface area contributed by atoms with Crippen LogP contribution in [0.5, 0.6) is 5.75 Å². The Labute approximate surface area is 204 Å². The molecule has 178 valence electrons. The Morgan fingerprint density at radius 1 is 0.794 bits per heavy atom. The third-order valence-electron chi connectivity index (χ3n) is 8.15. The molecule has 0 radical (unpaired) electrons. The second-order valence-electron chi connectivity index (χ2n) is 10.1. The van der Waals surface area contributed by atoms with Gasteiger partial charge in [-0.1, -0.05) is 79.6 Å². The quantitative estimate of drug-likeness (QED) is 0.390. The zero-order chi connectivity index (χ0) is 23.3. The summed E-state index contributed by atoms with van der Waals surface area (Å²) in [7, 11) is 0. The molecule has 3 nitrogen and oxygen atoms in total. The number of hydrogen-bond acceptors (Lipinski definition) is 3. The summed E-state index contributed by atoms with van der Waals surface area (Å²) in [6.07, 6.45) is 8.09. The number of benzene rings is 3. The molecular weight excluding hydrogens is 418 g/mol. The molecular formula is C31H37NO2. The van der Waals surface area contributed by atoms with E-state index in [2.05, 4.69) is 66.0 Å². The molecule has 0 aromatic heterocycles. The van der Waals surface area contributed by atoms with Gasteiger partial charge in [-0.3, -0.25) is 0 Å². The predicted octanol–water partition coefficient (Wildman–Crippen LogP) is 5.98. The average molecular weight is 456 g/mol. The van der Waals surface area contributed by atoms with E-state index in [1.807, 2.05) is 18.2 Å². The third kappa shape index (κ3) is 4.78. The number of rotatable bonds is 9. The van der Waals surface area contributed by atoms with E-state index in [0.717, 1.165) is 63.8 Å². The van der Waals surface area contributed by atoms with Gasteiger partial charge in [0, 0.05) is 5.41 Å². The summed E-state index contributed by atoms with van der Waals surface area (Å²) < 4.78 is 6.21. The summed E-state index contributed by atoms with van der Waals surface area (Å²) in [5.74, 6) is 0.911. The first-order valence-corrected chi connectivity index (χ1v) is 13.0. The zero-order valence-electron chi connectivity index (χ0n) is 20.1. The smallest absolute Gasteiger partial charge is 0.120 e. The summed E-state index contributed by atoms with van der Waals surface area (Å²) in [5.41, 5.74) is 4.46. The Hall–Kier alpha value is -2.62. The normalized spacial score (nSPS) is 23.7. The van der Waals surface area contributed by atoms with Crippen LogP contribution in [0.3, 0.4) is 0 Å². The van der Waals surface area contributed by atoms with Crippen LogP contribution >= 0.6 is 0 Å². The minimum Gasteiger partial charge on any atom is -0.489 e. The van der Waals surface area contributed by atoms with Gasteiger partial charge in [0.2, 0.25) is 0 Å². The Bertz CT molecular complexity index is 1070. The van der Waals surface area contributed by atoms with Gasteiger partial charge in [-0.15, -0.1) is 0 Å². The first-order chi connectivity index (χ1) is 16.7. The van der Waals surface area contributed by atoms with Crippen LogP contribution in [-0.2, 0) is 24.9 Å². The molecule has 0 amide bonds. The van der Waals surface area contributed by atoms with Crippen LogP contribution in [0.4, 0.5) is 0 Å². The van der Waals surface area contributed by atoms with E-state index < -0.39 is 5.60 Å². The molecule has 2 aliphatic rings. The number of fused-ring (bicyclic) bond motifs is 3. The second-order valence-corrected chi connectivity index (χ2v) is 10.1. The van der Waals surface area contributed by atoms with Crippen molar-refractivity contribution in [3.8, 4) is 5.75 Å². The van der Waals surface area contributed by atoms with Crippen molar-refractivity contribution in [2.45, 2.75) is 69.0 Å². The molecule has 0 heterocycles. The lowest BCUT2D eigenvalue weighted by molar-refractivity contribution is -0.0869. The minimum atomic E-state index is -0.614. The van der Waals surface area contributed by atoms with E-state index in [4.69, 9.17) is 4.74 Å². The second kappa shape index (κ2) is 10.3. The lowest BCUT2D eigenvalue weighted by Gasteiger charge is -2.55. The SMILES string of the molecule is O[C@@]12CCCC[C@]1(CCNCCc1ccccc1)c1cc(OCc3ccccc3)ccc1CC2. The van der Waals surface area contributed by atoms with E-state index in [1.54, 1.807) is 0 Å². The summed E-state index contributed by atoms with van der Waals surface area (Å²) in [6.45, 7) is 2.45. The molecule has 2 atom stereocenters. The van der Waals surface area contributed by atoms with Crippen molar-refractivity contribution in [2.75, 3.05) is 13.1 Å². The standard InChI is InChI=1S/C31H37NO2/c33-31-18-8-7-17-30(31,20-22-32-21-16-25-9-3-1-4-10-25)29-23-28(14-13-27(29)15-19-31)34-24-26-11-5-2-6-12-26/h1-6,9-14,23,32-33H,7-8,15-22,24H2/t30-,31+/m0/s1. The monoisotopic (exact) mass is 455 g/mol. The van der Waals surface area contributed by atoms with Crippen molar-refractivity contribution < 1.29 is 9.84 Å². The molecule has 3 heteroatoms. The van der Waals surface area contributed by atoms with Gasteiger partial charge in [0.25, 0.3) is 0 Å². The van der Waals surface area contributed by atoms with Gasteiger partial charge in [-0.2, -0.15) is 0 Å². The van der Waals surface area contributed by atoms with Crippen LogP contribution in [0, 0.1) is 0 Å². The first-order valence-electron chi connectivity index (χ1n) is 13.0. The Morgan fingerprint density at radius 2 is 1.53 bits per heavy atom. The van der Waals surface area contributed by atoms with Crippen LogP contribution in [0.2, 0.25) is 0 Å². The molecule has 1 fully saturated rings. The molecule has 0 spiro atoms. The van der Waals surface area contributed by atoms with Gasteiger partial charge in [0.1, 0.15) is 12.4 Å². The van der Waals surface area contributed by atoms with Crippen molar-refractivity contribution in [3.63, 3.8) is 0 Å². The Balaban J connectivity index is 1.32. The Morgan fingerprint density at radius 3 is 2.32 bits per heavy atom. The number of hydrogen-bond donors (Lipinski definition) is 2. The van der Waals surface area contributed by atoms with Crippen molar-refractivity contribution in [1.82, 2.24) is 5.32 Å². The summed E-state index contributed by atoms with van der Waals surface area (Å²) in [5, 5.41) is 15.6. The van der Waals surface area contributed by atoms with Gasteiger partial charge in [0.05, 0.1) is 5.60 Å². The van der Waals surface area contributed by atoms with Gasteiger partial charge < -0.3 is 15.2 Å². The summed E-state index contributed by atoms with van der Waals surface area (Å²) in [6, 6.07) is 27.6. The fourth-order valence-electron chi connectivity index (χ4n) is 6.25. The van der Waals surface area contributed by atoms with Crippen molar-refractivity contribution in [2.24, 2.45) is 0 Å². The van der Waals surface area contributed by atoms with Crippen LogP contribution in [-0.4, -0.2) is 23.8 Å². The molecule has 2 N–H and O–H groups in total. The lowest BCUT2D eigenvalue weighted by Crippen LogP contribution is -2.57. The molecule has 3 aromatic rings. The van der Waals surface area contributed by atoms with E-state index in [1.165, 1.54) is 28.7 Å². The zero-order valence-corrected chi connectivity index (χ0v) is 20.1. The minimum absolute atomic E-state index is 0.190. The van der Waals surface area contributed by atoms with E-state index in [0.29, 0.717) is 6.61 Å². The predicted molar refractivity (Wildman–Crippen MR) is 138 cm³/mol. The molecule has 1 saturated carbocycles. The lowest BCUT2D eigenvalue weighted by atomic mass is 9.53. The summed E-state index contributed by atoms with van der Waals surface area (Å²) >= 11 is 0. The molecule has 2 aliphatic carbocycles. The highest BCUT2D eigenvalue weighted by Gasteiger charge is 2.54. The highest BCUT2D eigenvalue weighted by molar-refractivity contribution is 5.46. The van der Waals surface area contributed by atoms with E-state index in [-0.39, 0.29) is 5.41 Å². The fourth-order valence-corrected chi connectivity index (χ4v) is 6.25. The van der Waals surface area contributed by atoms with Gasteiger partial charge in [-0.05, 0) is 86.0 Å². The largest absolute Gasteiger partial charge is 0.489 e. The number of aryl methyl sites for hydroxylation is 1.